The number of amidine groups is 1. The van der Waals surface area contributed by atoms with Gasteiger partial charge in [-0.2, -0.15) is 0 Å². The Kier molecular flexibility index (Phi) is 5.33. The van der Waals surface area contributed by atoms with Gasteiger partial charge < -0.3 is 22.1 Å². The highest BCUT2D eigenvalue weighted by Gasteiger charge is 2.16. The summed E-state index contributed by atoms with van der Waals surface area (Å²) in [6.45, 7) is 5.48. The molecule has 0 radical (unpaired) electrons. The number of carbonyl (C=O) groups excluding carboxylic acids is 1. The highest BCUT2D eigenvalue weighted by Crippen LogP contribution is 2.16. The third kappa shape index (κ3) is 4.54. The van der Waals surface area contributed by atoms with Gasteiger partial charge in [0.15, 0.2) is 11.6 Å². The van der Waals surface area contributed by atoms with Crippen molar-refractivity contribution in [2.24, 2.45) is 32.2 Å². The van der Waals surface area contributed by atoms with Crippen LogP contribution in [0.25, 0.3) is 0 Å². The van der Waals surface area contributed by atoms with Crippen LogP contribution in [0, 0.1) is 0 Å². The van der Waals surface area contributed by atoms with Crippen LogP contribution < -0.4 is 22.1 Å². The van der Waals surface area contributed by atoms with E-state index in [1.54, 1.807) is 12.3 Å². The number of nitrogens with zero attached hydrogens (tertiary/aromatic N) is 4. The highest BCUT2D eigenvalue weighted by molar-refractivity contribution is 6.37. The minimum atomic E-state index is -0.00409. The maximum atomic E-state index is 11.5. The maximum absolute atomic E-state index is 11.5. The molecule has 0 atom stereocenters. The van der Waals surface area contributed by atoms with Gasteiger partial charge in [0.2, 0.25) is 0 Å². The molecule has 8 nitrogen and oxygen atoms in total. The normalized spacial score (nSPS) is 15.0. The summed E-state index contributed by atoms with van der Waals surface area (Å²) in [5.41, 5.74) is 19.2. The Labute approximate surface area is 146 Å². The van der Waals surface area contributed by atoms with Gasteiger partial charge in [0.05, 0.1) is 18.5 Å². The van der Waals surface area contributed by atoms with Gasteiger partial charge in [-0.05, 0) is 19.1 Å². The highest BCUT2D eigenvalue weighted by atomic mass is 16.1. The average Bonchev–Trinajstić information content (AvgIpc) is 2.55. The quantitative estimate of drug-likeness (QED) is 0.681. The summed E-state index contributed by atoms with van der Waals surface area (Å²) in [4.78, 5) is 26.0. The lowest BCUT2D eigenvalue weighted by Crippen LogP contribution is -2.30. The number of nitrogens with two attached hydrogens (primary N) is 3. The van der Waals surface area contributed by atoms with Crippen molar-refractivity contribution in [2.75, 3.05) is 18.5 Å². The number of aliphatic imine (C=N–C) groups is 3. The van der Waals surface area contributed by atoms with E-state index in [1.165, 1.54) is 6.92 Å². The fourth-order valence-electron chi connectivity index (χ4n) is 2.20. The van der Waals surface area contributed by atoms with Crippen LogP contribution in [-0.2, 0) is 0 Å². The fraction of sp³-hybridized carbons (Fsp3) is 0.176. The molecule has 0 unspecified atom stereocenters. The topological polar surface area (TPSA) is 135 Å². The molecule has 6 N–H and O–H groups in total. The zero-order valence-electron chi connectivity index (χ0n) is 14.2. The van der Waals surface area contributed by atoms with Gasteiger partial charge in [-0.15, -0.1) is 0 Å². The number of hydrogen-bond donors (Lipinski definition) is 3. The second-order valence-electron chi connectivity index (χ2n) is 5.55. The lowest BCUT2D eigenvalue weighted by atomic mass is 10.1. The molecule has 0 amide bonds. The number of benzene rings is 1. The van der Waals surface area contributed by atoms with Crippen molar-refractivity contribution in [2.45, 2.75) is 6.92 Å². The van der Waals surface area contributed by atoms with Crippen molar-refractivity contribution in [1.29, 1.82) is 0 Å². The summed E-state index contributed by atoms with van der Waals surface area (Å²) >= 11 is 0. The van der Waals surface area contributed by atoms with E-state index < -0.39 is 0 Å². The first-order valence-corrected chi connectivity index (χ1v) is 7.50. The molecule has 1 aliphatic heterocycles. The number of hydrogen-bond acceptors (Lipinski definition) is 7. The summed E-state index contributed by atoms with van der Waals surface area (Å²) < 4.78 is 0. The van der Waals surface area contributed by atoms with Crippen molar-refractivity contribution in [3.05, 3.63) is 53.7 Å². The van der Waals surface area contributed by atoms with Crippen molar-refractivity contribution in [1.82, 2.24) is 0 Å². The summed E-state index contributed by atoms with van der Waals surface area (Å²) in [5, 5.41) is 0. The molecule has 0 aromatic heterocycles. The van der Waals surface area contributed by atoms with E-state index in [0.29, 0.717) is 17.8 Å². The molecule has 0 fully saturated rings. The molecule has 1 aromatic rings. The summed E-state index contributed by atoms with van der Waals surface area (Å²) in [6.07, 6.45) is 1.57. The second kappa shape index (κ2) is 7.43. The largest absolute Gasteiger partial charge is 0.384 e. The molecule has 1 aliphatic rings. The summed E-state index contributed by atoms with van der Waals surface area (Å²) in [7, 11) is 1.89. The monoisotopic (exact) mass is 339 g/mol. The van der Waals surface area contributed by atoms with Crippen LogP contribution in [0.1, 0.15) is 17.3 Å². The van der Waals surface area contributed by atoms with Gasteiger partial charge in [-0.3, -0.25) is 4.79 Å². The zero-order chi connectivity index (χ0) is 18.6. The van der Waals surface area contributed by atoms with Crippen LogP contribution >= 0.6 is 0 Å². The van der Waals surface area contributed by atoms with Gasteiger partial charge in [0.25, 0.3) is 0 Å². The van der Waals surface area contributed by atoms with Crippen molar-refractivity contribution in [3.8, 4) is 0 Å². The van der Waals surface area contributed by atoms with Gasteiger partial charge in [-0.25, -0.2) is 15.0 Å². The van der Waals surface area contributed by atoms with E-state index in [0.717, 1.165) is 5.69 Å². The predicted octanol–water partition coefficient (Wildman–Crippen LogP) is 0.766. The van der Waals surface area contributed by atoms with Crippen LogP contribution in [0.5, 0.6) is 0 Å². The van der Waals surface area contributed by atoms with Gasteiger partial charge in [0.1, 0.15) is 17.3 Å². The Balaban J connectivity index is 2.25. The number of anilines is 1. The smallest absolute Gasteiger partial charge is 0.183 e. The zero-order valence-corrected chi connectivity index (χ0v) is 14.2. The van der Waals surface area contributed by atoms with Crippen LogP contribution in [0.15, 0.2) is 63.2 Å². The van der Waals surface area contributed by atoms with Gasteiger partial charge in [0, 0.05) is 18.3 Å². The minimum absolute atomic E-state index is 0.00409. The summed E-state index contributed by atoms with van der Waals surface area (Å²) in [6, 6.07) is 7.34. The SMILES string of the molecule is C=C(N)/N=C1/N=CC(CN(C)c2cccc(C(C)=O)c2)=NC1=C(N)N. The first kappa shape index (κ1) is 17.9. The second-order valence-corrected chi connectivity index (χ2v) is 5.55. The fourth-order valence-corrected chi connectivity index (χ4v) is 2.20. The van der Waals surface area contributed by atoms with Crippen LogP contribution in [0.2, 0.25) is 0 Å². The minimum Gasteiger partial charge on any atom is -0.384 e. The molecule has 0 saturated heterocycles. The lowest BCUT2D eigenvalue weighted by Gasteiger charge is -2.21. The molecule has 0 bridgehead atoms. The molecule has 0 aliphatic carbocycles. The number of rotatable bonds is 5. The standard InChI is InChI=1S/C17H21N7O/c1-10(25)12-5-4-6-14(7-12)24(3)9-13-8-21-17(22-11(2)18)15(23-13)16(19)20/h4-8H,2,9,18-20H2,1,3H3/b22-17+. The number of ketones is 1. The Morgan fingerprint density at radius 1 is 1.32 bits per heavy atom. The van der Waals surface area contributed by atoms with Crippen molar-refractivity contribution >= 4 is 29.2 Å². The van der Waals surface area contributed by atoms with Crippen LogP contribution in [0.3, 0.4) is 0 Å². The molecule has 8 heteroatoms. The van der Waals surface area contributed by atoms with E-state index in [1.807, 2.05) is 30.1 Å². The first-order valence-electron chi connectivity index (χ1n) is 7.50. The molecule has 130 valence electrons. The molecule has 2 rings (SSSR count). The van der Waals surface area contributed by atoms with Crippen molar-refractivity contribution < 1.29 is 4.79 Å². The Hall–Kier alpha value is -3.42. The van der Waals surface area contributed by atoms with E-state index in [2.05, 4.69) is 21.6 Å². The number of Topliss-reactive ketones (excluding diaryl/α,β-unsaturated/α-hetero) is 1. The van der Waals surface area contributed by atoms with Gasteiger partial charge in [-0.1, -0.05) is 18.7 Å². The van der Waals surface area contributed by atoms with E-state index in [-0.39, 0.29) is 29.0 Å². The third-order valence-electron chi connectivity index (χ3n) is 3.42. The van der Waals surface area contributed by atoms with Crippen LogP contribution in [-0.4, -0.2) is 37.1 Å². The molecule has 0 spiro atoms. The lowest BCUT2D eigenvalue weighted by molar-refractivity contribution is 0.101. The molecule has 1 heterocycles. The molecular formula is C17H21N7O. The Bertz CT molecular complexity index is 829. The first-order chi connectivity index (χ1) is 11.8. The predicted molar refractivity (Wildman–Crippen MR) is 102 cm³/mol. The van der Waals surface area contributed by atoms with E-state index in [4.69, 9.17) is 17.2 Å². The third-order valence-corrected chi connectivity index (χ3v) is 3.42. The van der Waals surface area contributed by atoms with E-state index >= 15 is 0 Å². The molecule has 0 saturated carbocycles. The summed E-state index contributed by atoms with van der Waals surface area (Å²) in [5.74, 6) is 0.312. The Morgan fingerprint density at radius 2 is 2.04 bits per heavy atom. The van der Waals surface area contributed by atoms with Crippen molar-refractivity contribution in [3.63, 3.8) is 0 Å². The molecular weight excluding hydrogens is 318 g/mol. The number of carbonyl (C=O) groups is 1. The molecule has 25 heavy (non-hydrogen) atoms. The molecule has 1 aromatic carbocycles. The Morgan fingerprint density at radius 3 is 2.64 bits per heavy atom. The maximum Gasteiger partial charge on any atom is 0.183 e. The van der Waals surface area contributed by atoms with Gasteiger partial charge >= 0.3 is 0 Å². The van der Waals surface area contributed by atoms with Crippen LogP contribution in [0.4, 0.5) is 5.69 Å². The average molecular weight is 339 g/mol. The van der Waals surface area contributed by atoms with E-state index in [9.17, 15) is 4.79 Å².